The highest BCUT2D eigenvalue weighted by atomic mass is 35.5. The van der Waals surface area contributed by atoms with Crippen molar-refractivity contribution < 1.29 is 12.8 Å². The Balaban J connectivity index is 2.75. The lowest BCUT2D eigenvalue weighted by Gasteiger charge is -2.04. The minimum Gasteiger partial charge on any atom is -0.207 e. The number of rotatable bonds is 5. The van der Waals surface area contributed by atoms with Crippen molar-refractivity contribution in [2.45, 2.75) is 4.90 Å². The van der Waals surface area contributed by atoms with Crippen LogP contribution in [0.5, 0.6) is 0 Å². The molecule has 0 amide bonds. The normalized spacial score (nSPS) is 12.1. The standard InChI is InChI=1S/C10H11ClFNO2S/c11-6-1-2-7-13-16(14,15)10-5-3-4-9(12)8-10/h1-5,8,13H,6-7H2/b2-1+. The summed E-state index contributed by atoms with van der Waals surface area (Å²) in [5.74, 6) is -0.263. The first-order chi connectivity index (χ1) is 7.56. The van der Waals surface area contributed by atoms with Crippen LogP contribution in [0.2, 0.25) is 0 Å². The van der Waals surface area contributed by atoms with Crippen LogP contribution in [-0.2, 0) is 10.0 Å². The Hall–Kier alpha value is -0.910. The van der Waals surface area contributed by atoms with E-state index in [4.69, 9.17) is 11.6 Å². The molecule has 6 heteroatoms. The van der Waals surface area contributed by atoms with Gasteiger partial charge in [-0.3, -0.25) is 0 Å². The quantitative estimate of drug-likeness (QED) is 0.651. The third-order valence-corrected chi connectivity index (χ3v) is 3.35. The van der Waals surface area contributed by atoms with Crippen LogP contribution in [0.1, 0.15) is 0 Å². The topological polar surface area (TPSA) is 46.2 Å². The van der Waals surface area contributed by atoms with Crippen LogP contribution in [0.25, 0.3) is 0 Å². The number of hydrogen-bond acceptors (Lipinski definition) is 2. The van der Waals surface area contributed by atoms with Gasteiger partial charge in [0.1, 0.15) is 5.82 Å². The van der Waals surface area contributed by atoms with Gasteiger partial charge in [0.25, 0.3) is 0 Å². The molecule has 0 bridgehead atoms. The van der Waals surface area contributed by atoms with Gasteiger partial charge >= 0.3 is 0 Å². The fraction of sp³-hybridized carbons (Fsp3) is 0.200. The molecule has 0 saturated heterocycles. The molecule has 3 nitrogen and oxygen atoms in total. The Morgan fingerprint density at radius 3 is 2.75 bits per heavy atom. The first-order valence-electron chi connectivity index (χ1n) is 4.52. The van der Waals surface area contributed by atoms with Gasteiger partial charge in [-0.05, 0) is 18.2 Å². The zero-order chi connectivity index (χ0) is 12.0. The highest BCUT2D eigenvalue weighted by Gasteiger charge is 2.12. The molecule has 16 heavy (non-hydrogen) atoms. The average molecular weight is 264 g/mol. The predicted octanol–water partition coefficient (Wildman–Crippen LogP) is 1.90. The molecule has 0 atom stereocenters. The number of benzene rings is 1. The first-order valence-corrected chi connectivity index (χ1v) is 6.54. The number of hydrogen-bond donors (Lipinski definition) is 1. The Kier molecular flexibility index (Phi) is 4.92. The van der Waals surface area contributed by atoms with E-state index in [1.54, 1.807) is 12.2 Å². The lowest BCUT2D eigenvalue weighted by Crippen LogP contribution is -2.23. The zero-order valence-corrected chi connectivity index (χ0v) is 9.93. The maximum absolute atomic E-state index is 12.8. The second-order valence-electron chi connectivity index (χ2n) is 2.93. The second-order valence-corrected chi connectivity index (χ2v) is 5.01. The minimum absolute atomic E-state index is 0.0910. The molecule has 0 aliphatic rings. The van der Waals surface area contributed by atoms with Crippen LogP contribution >= 0.6 is 11.6 Å². The van der Waals surface area contributed by atoms with Crippen LogP contribution in [0.4, 0.5) is 4.39 Å². The maximum atomic E-state index is 12.8. The molecule has 0 spiro atoms. The minimum atomic E-state index is -3.65. The summed E-state index contributed by atoms with van der Waals surface area (Å²) in [6, 6.07) is 4.83. The van der Waals surface area contributed by atoms with Gasteiger partial charge in [0, 0.05) is 12.4 Å². The van der Waals surface area contributed by atoms with Crippen molar-refractivity contribution in [1.29, 1.82) is 0 Å². The van der Waals surface area contributed by atoms with Crippen LogP contribution in [0.3, 0.4) is 0 Å². The van der Waals surface area contributed by atoms with Gasteiger partial charge in [-0.2, -0.15) is 0 Å². The van der Waals surface area contributed by atoms with E-state index in [0.717, 1.165) is 6.07 Å². The maximum Gasteiger partial charge on any atom is 0.240 e. The molecule has 0 aliphatic carbocycles. The SMILES string of the molecule is O=S(=O)(NC/C=C/CCl)c1cccc(F)c1. The summed E-state index contributed by atoms with van der Waals surface area (Å²) in [6.07, 6.45) is 3.21. The van der Waals surface area contributed by atoms with E-state index in [2.05, 4.69) is 4.72 Å². The smallest absolute Gasteiger partial charge is 0.207 e. The van der Waals surface area contributed by atoms with Crippen molar-refractivity contribution in [3.05, 3.63) is 42.2 Å². The number of halogens is 2. The number of alkyl halides is 1. The fourth-order valence-corrected chi connectivity index (χ4v) is 2.16. The van der Waals surface area contributed by atoms with E-state index in [9.17, 15) is 12.8 Å². The lowest BCUT2D eigenvalue weighted by molar-refractivity contribution is 0.581. The molecule has 1 aromatic rings. The summed E-state index contributed by atoms with van der Waals surface area (Å²) in [7, 11) is -3.65. The van der Waals surface area contributed by atoms with Crippen molar-refractivity contribution in [2.24, 2.45) is 0 Å². The summed E-state index contributed by atoms with van der Waals surface area (Å²) >= 11 is 5.38. The summed E-state index contributed by atoms with van der Waals surface area (Å²) in [4.78, 5) is -0.0910. The molecule has 0 heterocycles. The van der Waals surface area contributed by atoms with Gasteiger partial charge in [0.05, 0.1) is 4.90 Å². The van der Waals surface area contributed by atoms with Crippen molar-refractivity contribution in [1.82, 2.24) is 4.72 Å². The second kappa shape index (κ2) is 5.98. The molecule has 0 fully saturated rings. The zero-order valence-electron chi connectivity index (χ0n) is 8.36. The van der Waals surface area contributed by atoms with Crippen molar-refractivity contribution in [2.75, 3.05) is 12.4 Å². The van der Waals surface area contributed by atoms with Crippen LogP contribution in [0, 0.1) is 5.82 Å². The van der Waals surface area contributed by atoms with Gasteiger partial charge in [-0.25, -0.2) is 17.5 Å². The number of sulfonamides is 1. The number of allylic oxidation sites excluding steroid dienone is 1. The molecule has 0 unspecified atom stereocenters. The summed E-state index contributed by atoms with van der Waals surface area (Å²) in [5, 5.41) is 0. The van der Waals surface area contributed by atoms with Gasteiger partial charge in [-0.15, -0.1) is 11.6 Å². The molecule has 1 aromatic carbocycles. The molecule has 1 N–H and O–H groups in total. The molecule has 0 aliphatic heterocycles. The monoisotopic (exact) mass is 263 g/mol. The average Bonchev–Trinajstić information content (AvgIpc) is 2.24. The van der Waals surface area contributed by atoms with E-state index in [1.807, 2.05) is 0 Å². The summed E-state index contributed by atoms with van der Waals surface area (Å²) in [6.45, 7) is 0.131. The molecular formula is C10H11ClFNO2S. The predicted molar refractivity (Wildman–Crippen MR) is 61.4 cm³/mol. The van der Waals surface area contributed by atoms with E-state index in [-0.39, 0.29) is 11.4 Å². The van der Waals surface area contributed by atoms with Crippen molar-refractivity contribution in [3.8, 4) is 0 Å². The molecule has 1 rings (SSSR count). The largest absolute Gasteiger partial charge is 0.240 e. The third kappa shape index (κ3) is 3.92. The number of nitrogens with one attached hydrogen (secondary N) is 1. The Morgan fingerprint density at radius 1 is 1.38 bits per heavy atom. The summed E-state index contributed by atoms with van der Waals surface area (Å²) in [5.41, 5.74) is 0. The molecule has 0 radical (unpaired) electrons. The van der Waals surface area contributed by atoms with Gasteiger partial charge in [0.15, 0.2) is 0 Å². The highest BCUT2D eigenvalue weighted by molar-refractivity contribution is 7.89. The first kappa shape index (κ1) is 13.2. The van der Waals surface area contributed by atoms with Gasteiger partial charge in [-0.1, -0.05) is 18.2 Å². The van der Waals surface area contributed by atoms with Gasteiger partial charge in [0.2, 0.25) is 10.0 Å². The fourth-order valence-electron chi connectivity index (χ4n) is 1.02. The highest BCUT2D eigenvalue weighted by Crippen LogP contribution is 2.09. The molecule has 88 valence electrons. The van der Waals surface area contributed by atoms with E-state index >= 15 is 0 Å². The summed E-state index contributed by atoms with van der Waals surface area (Å²) < 4.78 is 38.3. The van der Waals surface area contributed by atoms with Crippen LogP contribution in [-0.4, -0.2) is 20.8 Å². The molecule has 0 saturated carbocycles. The van der Waals surface area contributed by atoms with Crippen LogP contribution < -0.4 is 4.72 Å². The molecule has 0 aromatic heterocycles. The Morgan fingerprint density at radius 2 is 2.12 bits per heavy atom. The molecular weight excluding hydrogens is 253 g/mol. The van der Waals surface area contributed by atoms with Crippen molar-refractivity contribution in [3.63, 3.8) is 0 Å². The van der Waals surface area contributed by atoms with Gasteiger partial charge < -0.3 is 0 Å². The van der Waals surface area contributed by atoms with E-state index in [0.29, 0.717) is 5.88 Å². The lowest BCUT2D eigenvalue weighted by atomic mass is 10.4. The van der Waals surface area contributed by atoms with Crippen LogP contribution in [0.15, 0.2) is 41.3 Å². The Bertz CT molecular complexity index is 473. The third-order valence-electron chi connectivity index (χ3n) is 1.75. The van der Waals surface area contributed by atoms with Crippen molar-refractivity contribution >= 4 is 21.6 Å². The van der Waals surface area contributed by atoms with E-state index in [1.165, 1.54) is 18.2 Å². The Labute approximate surface area is 99.0 Å². The van der Waals surface area contributed by atoms with E-state index < -0.39 is 15.8 Å².